The number of esters is 2. The molecule has 0 aromatic carbocycles. The van der Waals surface area contributed by atoms with Crippen molar-refractivity contribution in [3.8, 4) is 0 Å². The van der Waals surface area contributed by atoms with Crippen molar-refractivity contribution in [2.75, 3.05) is 6.61 Å². The van der Waals surface area contributed by atoms with E-state index in [9.17, 15) is 9.59 Å². The smallest absolute Gasteiger partial charge is 0.324 e. The number of amidine groups is 1. The van der Waals surface area contributed by atoms with E-state index in [0.717, 1.165) is 24.6 Å². The molecule has 0 aromatic heterocycles. The third kappa shape index (κ3) is 3.62. The Kier molecular flexibility index (Phi) is 5.65. The van der Waals surface area contributed by atoms with Crippen molar-refractivity contribution >= 4 is 28.9 Å². The van der Waals surface area contributed by atoms with Crippen LogP contribution in [-0.4, -0.2) is 29.1 Å². The number of unbranched alkanes of at least 4 members (excludes halogenated alkanes) is 1. The number of carbonyl (C=O) groups is 2. The molecule has 1 aliphatic rings. The summed E-state index contributed by atoms with van der Waals surface area (Å²) in [6.45, 7) is 3.92. The van der Waals surface area contributed by atoms with E-state index in [1.165, 1.54) is 0 Å². The number of carbonyl (C=O) groups excluding carboxylic acids is 2. The predicted octanol–water partition coefficient (Wildman–Crippen LogP) is 1.63. The van der Waals surface area contributed by atoms with Crippen LogP contribution in [0.5, 0.6) is 0 Å². The second-order valence-corrected chi connectivity index (χ2v) is 5.63. The average molecular weight is 288 g/mol. The van der Waals surface area contributed by atoms with Crippen LogP contribution in [0.2, 0.25) is 0 Å². The zero-order chi connectivity index (χ0) is 14.5. The molecule has 0 radical (unpaired) electrons. The average Bonchev–Trinajstić information content (AvgIpc) is 2.63. The molecule has 0 aromatic rings. The standard InChI is InChI=1S/C12H20N2O4S/c1-3-5-6-12(9(15)17-4-2)7-8(18-10(12)16)19-11(13)14/h8H,3-7H2,1-2H3,(H3,13,14)/t8-,12+/m0/s1. The molecule has 0 spiro atoms. The van der Waals surface area contributed by atoms with Gasteiger partial charge in [-0.15, -0.1) is 0 Å². The highest BCUT2D eigenvalue weighted by molar-refractivity contribution is 8.14. The summed E-state index contributed by atoms with van der Waals surface area (Å²) in [7, 11) is 0. The fourth-order valence-electron chi connectivity index (χ4n) is 2.07. The summed E-state index contributed by atoms with van der Waals surface area (Å²) in [4.78, 5) is 24.2. The van der Waals surface area contributed by atoms with Crippen LogP contribution in [0.3, 0.4) is 0 Å². The van der Waals surface area contributed by atoms with Gasteiger partial charge in [-0.3, -0.25) is 15.0 Å². The molecule has 0 bridgehead atoms. The number of ether oxygens (including phenoxy) is 2. The monoisotopic (exact) mass is 288 g/mol. The molecule has 0 unspecified atom stereocenters. The molecule has 6 nitrogen and oxygen atoms in total. The van der Waals surface area contributed by atoms with Gasteiger partial charge in [0.25, 0.3) is 0 Å². The Bertz CT molecular complexity index is 375. The summed E-state index contributed by atoms with van der Waals surface area (Å²) in [5.74, 6) is -1.08. The summed E-state index contributed by atoms with van der Waals surface area (Å²) in [6.07, 6.45) is 2.25. The van der Waals surface area contributed by atoms with Crippen LogP contribution in [0, 0.1) is 10.8 Å². The molecule has 1 fully saturated rings. The molecular weight excluding hydrogens is 268 g/mol. The maximum atomic E-state index is 12.1. The Morgan fingerprint density at radius 2 is 2.32 bits per heavy atom. The lowest BCUT2D eigenvalue weighted by atomic mass is 9.81. The molecule has 3 N–H and O–H groups in total. The normalized spacial score (nSPS) is 26.0. The summed E-state index contributed by atoms with van der Waals surface area (Å²) in [5.41, 5.74) is 3.48. The largest absolute Gasteiger partial charge is 0.465 e. The Morgan fingerprint density at radius 3 is 2.84 bits per heavy atom. The summed E-state index contributed by atoms with van der Waals surface area (Å²) in [6, 6.07) is 0. The highest BCUT2D eigenvalue weighted by atomic mass is 32.2. The van der Waals surface area contributed by atoms with Crippen molar-refractivity contribution in [1.82, 2.24) is 0 Å². The lowest BCUT2D eigenvalue weighted by Crippen LogP contribution is -2.37. The van der Waals surface area contributed by atoms with Gasteiger partial charge in [0.2, 0.25) is 0 Å². The molecule has 2 atom stereocenters. The van der Waals surface area contributed by atoms with Crippen LogP contribution in [0.25, 0.3) is 0 Å². The zero-order valence-corrected chi connectivity index (χ0v) is 12.0. The fraction of sp³-hybridized carbons (Fsp3) is 0.750. The number of hydrogen-bond donors (Lipinski definition) is 2. The summed E-state index contributed by atoms with van der Waals surface area (Å²) in [5, 5.41) is 7.08. The van der Waals surface area contributed by atoms with E-state index in [2.05, 4.69) is 0 Å². The number of nitrogens with one attached hydrogen (secondary N) is 1. The third-order valence-electron chi connectivity index (χ3n) is 3.03. The van der Waals surface area contributed by atoms with Crippen molar-refractivity contribution in [2.24, 2.45) is 11.1 Å². The molecule has 0 amide bonds. The van der Waals surface area contributed by atoms with E-state index >= 15 is 0 Å². The van der Waals surface area contributed by atoms with E-state index < -0.39 is 22.8 Å². The third-order valence-corrected chi connectivity index (χ3v) is 3.81. The Balaban J connectivity index is 2.87. The van der Waals surface area contributed by atoms with Gasteiger partial charge >= 0.3 is 11.9 Å². The molecule has 0 saturated carbocycles. The summed E-state index contributed by atoms with van der Waals surface area (Å²) < 4.78 is 10.2. The minimum atomic E-state index is -1.22. The SMILES string of the molecule is CCCC[C@]1(C(=O)OCC)C[C@H](SC(=N)N)OC1=O. The molecule has 7 heteroatoms. The Morgan fingerprint density at radius 1 is 1.63 bits per heavy atom. The second-order valence-electron chi connectivity index (χ2n) is 4.43. The molecule has 1 heterocycles. The number of thioether (sulfide) groups is 1. The van der Waals surface area contributed by atoms with Crippen LogP contribution in [0.15, 0.2) is 0 Å². The molecule has 1 rings (SSSR count). The van der Waals surface area contributed by atoms with E-state index in [0.29, 0.717) is 6.42 Å². The first-order chi connectivity index (χ1) is 8.96. The van der Waals surface area contributed by atoms with Gasteiger partial charge in [-0.25, -0.2) is 0 Å². The topological polar surface area (TPSA) is 102 Å². The lowest BCUT2D eigenvalue weighted by molar-refractivity contribution is -0.165. The molecule has 1 saturated heterocycles. The van der Waals surface area contributed by atoms with Gasteiger partial charge in [-0.2, -0.15) is 0 Å². The van der Waals surface area contributed by atoms with Crippen LogP contribution in [0.1, 0.15) is 39.5 Å². The Hall–Kier alpha value is -1.24. The van der Waals surface area contributed by atoms with Gasteiger partial charge in [-0.05, 0) is 25.1 Å². The maximum Gasteiger partial charge on any atom is 0.324 e. The first-order valence-corrected chi connectivity index (χ1v) is 7.23. The molecule has 1 aliphatic heterocycles. The van der Waals surface area contributed by atoms with Crippen LogP contribution in [0.4, 0.5) is 0 Å². The minimum Gasteiger partial charge on any atom is -0.465 e. The molecule has 0 aliphatic carbocycles. The van der Waals surface area contributed by atoms with Crippen molar-refractivity contribution in [3.63, 3.8) is 0 Å². The maximum absolute atomic E-state index is 12.1. The van der Waals surface area contributed by atoms with Gasteiger partial charge in [-0.1, -0.05) is 19.8 Å². The fourth-order valence-corrected chi connectivity index (χ4v) is 2.86. The van der Waals surface area contributed by atoms with Gasteiger partial charge in [0.05, 0.1) is 6.61 Å². The van der Waals surface area contributed by atoms with Crippen LogP contribution in [-0.2, 0) is 19.1 Å². The molecule has 19 heavy (non-hydrogen) atoms. The summed E-state index contributed by atoms with van der Waals surface area (Å²) >= 11 is 0.947. The number of nitrogens with two attached hydrogens (primary N) is 1. The minimum absolute atomic E-state index is 0.132. The van der Waals surface area contributed by atoms with E-state index in [-0.39, 0.29) is 18.2 Å². The van der Waals surface area contributed by atoms with Crippen molar-refractivity contribution in [3.05, 3.63) is 0 Å². The highest BCUT2D eigenvalue weighted by Gasteiger charge is 2.55. The molecule has 108 valence electrons. The van der Waals surface area contributed by atoms with Crippen molar-refractivity contribution in [1.29, 1.82) is 5.41 Å². The van der Waals surface area contributed by atoms with Crippen LogP contribution >= 0.6 is 11.8 Å². The van der Waals surface area contributed by atoms with Crippen LogP contribution < -0.4 is 5.73 Å². The lowest BCUT2D eigenvalue weighted by Gasteiger charge is -2.21. The van der Waals surface area contributed by atoms with E-state index in [1.807, 2.05) is 6.92 Å². The van der Waals surface area contributed by atoms with Crippen molar-refractivity contribution in [2.45, 2.75) is 45.0 Å². The number of cyclic esters (lactones) is 1. The number of hydrogen-bond acceptors (Lipinski definition) is 6. The molecular formula is C12H20N2O4S. The zero-order valence-electron chi connectivity index (χ0n) is 11.2. The number of rotatable bonds is 6. The highest BCUT2D eigenvalue weighted by Crippen LogP contribution is 2.43. The second kappa shape index (κ2) is 6.79. The van der Waals surface area contributed by atoms with Gasteiger partial charge in [0.15, 0.2) is 16.0 Å². The van der Waals surface area contributed by atoms with Gasteiger partial charge < -0.3 is 15.2 Å². The quantitative estimate of drug-likeness (QED) is 0.333. The van der Waals surface area contributed by atoms with Crippen molar-refractivity contribution < 1.29 is 19.1 Å². The first kappa shape index (κ1) is 15.8. The van der Waals surface area contributed by atoms with Gasteiger partial charge in [0, 0.05) is 6.42 Å². The van der Waals surface area contributed by atoms with E-state index in [1.54, 1.807) is 6.92 Å². The van der Waals surface area contributed by atoms with E-state index in [4.69, 9.17) is 20.6 Å². The Labute approximate surface area is 116 Å². The first-order valence-electron chi connectivity index (χ1n) is 6.35. The van der Waals surface area contributed by atoms with Gasteiger partial charge in [0.1, 0.15) is 0 Å². The predicted molar refractivity (Wildman–Crippen MR) is 72.6 cm³/mol.